The van der Waals surface area contributed by atoms with Crippen molar-refractivity contribution in [3.63, 3.8) is 0 Å². The summed E-state index contributed by atoms with van der Waals surface area (Å²) in [5.74, 6) is 0. The quantitative estimate of drug-likeness (QED) is 0.887. The van der Waals surface area contributed by atoms with E-state index in [4.69, 9.17) is 5.73 Å². The van der Waals surface area contributed by atoms with Gasteiger partial charge in [-0.3, -0.25) is 0 Å². The third kappa shape index (κ3) is 2.96. The summed E-state index contributed by atoms with van der Waals surface area (Å²) in [6, 6.07) is 11.1. The number of rotatable bonds is 3. The molecule has 19 heavy (non-hydrogen) atoms. The Morgan fingerprint density at radius 3 is 3.00 bits per heavy atom. The van der Waals surface area contributed by atoms with Crippen LogP contribution in [-0.4, -0.2) is 21.9 Å². The van der Waals surface area contributed by atoms with Crippen LogP contribution < -0.4 is 11.1 Å². The van der Waals surface area contributed by atoms with Gasteiger partial charge in [0.25, 0.3) is 0 Å². The Hall–Kier alpha value is -1.81. The van der Waals surface area contributed by atoms with Crippen LogP contribution >= 0.6 is 0 Å². The van der Waals surface area contributed by atoms with Crippen LogP contribution in [0.2, 0.25) is 0 Å². The molecule has 1 fully saturated rings. The fourth-order valence-corrected chi connectivity index (χ4v) is 2.75. The van der Waals surface area contributed by atoms with E-state index in [0.717, 1.165) is 24.2 Å². The molecule has 0 bridgehead atoms. The molecular weight excluding hydrogens is 236 g/mol. The third-order valence-electron chi connectivity index (χ3n) is 3.70. The molecule has 4 nitrogen and oxygen atoms in total. The van der Waals surface area contributed by atoms with Gasteiger partial charge >= 0.3 is 0 Å². The summed E-state index contributed by atoms with van der Waals surface area (Å²) in [7, 11) is 0. The molecule has 1 saturated carbocycles. The summed E-state index contributed by atoms with van der Waals surface area (Å²) in [5.41, 5.74) is 8.26. The van der Waals surface area contributed by atoms with Crippen molar-refractivity contribution in [2.75, 3.05) is 5.32 Å². The van der Waals surface area contributed by atoms with Crippen molar-refractivity contribution in [1.29, 1.82) is 0 Å². The van der Waals surface area contributed by atoms with Crippen LogP contribution in [0.4, 0.5) is 5.69 Å². The second-order valence-corrected chi connectivity index (χ2v) is 5.27. The fourth-order valence-electron chi connectivity index (χ4n) is 2.75. The van der Waals surface area contributed by atoms with E-state index in [1.807, 2.05) is 16.9 Å². The van der Waals surface area contributed by atoms with Crippen molar-refractivity contribution in [2.24, 2.45) is 5.73 Å². The maximum atomic E-state index is 6.03. The molecule has 2 atom stereocenters. The second kappa shape index (κ2) is 5.45. The molecule has 1 heterocycles. The Balaban J connectivity index is 1.73. The number of benzene rings is 1. The molecule has 1 aliphatic carbocycles. The van der Waals surface area contributed by atoms with Gasteiger partial charge in [-0.2, -0.15) is 5.10 Å². The zero-order chi connectivity index (χ0) is 13.1. The molecule has 0 saturated heterocycles. The van der Waals surface area contributed by atoms with Gasteiger partial charge < -0.3 is 11.1 Å². The summed E-state index contributed by atoms with van der Waals surface area (Å²) in [6.07, 6.45) is 8.39. The molecule has 2 unspecified atom stereocenters. The van der Waals surface area contributed by atoms with E-state index < -0.39 is 0 Å². The summed E-state index contributed by atoms with van der Waals surface area (Å²) in [5, 5.41) is 7.85. The third-order valence-corrected chi connectivity index (χ3v) is 3.70. The summed E-state index contributed by atoms with van der Waals surface area (Å²) in [6.45, 7) is 0. The smallest absolute Gasteiger partial charge is 0.0666 e. The molecule has 4 heteroatoms. The van der Waals surface area contributed by atoms with Crippen LogP contribution in [-0.2, 0) is 0 Å². The number of aromatic nitrogens is 2. The fraction of sp³-hybridized carbons (Fsp3) is 0.400. The molecule has 0 amide bonds. The van der Waals surface area contributed by atoms with Crippen molar-refractivity contribution >= 4 is 5.69 Å². The number of hydrogen-bond donors (Lipinski definition) is 2. The van der Waals surface area contributed by atoms with Gasteiger partial charge in [-0.25, -0.2) is 4.68 Å². The van der Waals surface area contributed by atoms with Gasteiger partial charge in [-0.1, -0.05) is 6.07 Å². The van der Waals surface area contributed by atoms with Gasteiger partial charge in [0.2, 0.25) is 0 Å². The lowest BCUT2D eigenvalue weighted by atomic mass is 9.91. The molecular formula is C15H20N4. The minimum atomic E-state index is 0.348. The minimum absolute atomic E-state index is 0.348. The van der Waals surface area contributed by atoms with Gasteiger partial charge in [-0.15, -0.1) is 0 Å². The molecule has 0 aliphatic heterocycles. The number of nitrogens with one attached hydrogen (secondary N) is 1. The topological polar surface area (TPSA) is 55.9 Å². The Bertz CT molecular complexity index is 521. The normalized spacial score (nSPS) is 23.2. The average Bonchev–Trinajstić information content (AvgIpc) is 2.93. The molecule has 1 aliphatic rings. The molecule has 1 aromatic heterocycles. The first-order valence-electron chi connectivity index (χ1n) is 6.93. The SMILES string of the molecule is NC1CCCC(Nc2cccc(-n3cccn3)c2)C1. The van der Waals surface area contributed by atoms with Crippen LogP contribution in [0.5, 0.6) is 0 Å². The zero-order valence-electron chi connectivity index (χ0n) is 11.0. The van der Waals surface area contributed by atoms with Gasteiger partial charge in [-0.05, 0) is 49.9 Å². The van der Waals surface area contributed by atoms with E-state index in [-0.39, 0.29) is 0 Å². The predicted octanol–water partition coefficient (Wildman–Crippen LogP) is 2.55. The first kappa shape index (κ1) is 12.2. The monoisotopic (exact) mass is 256 g/mol. The predicted molar refractivity (Wildman–Crippen MR) is 77.4 cm³/mol. The van der Waals surface area contributed by atoms with E-state index >= 15 is 0 Å². The first-order valence-corrected chi connectivity index (χ1v) is 6.93. The van der Waals surface area contributed by atoms with Gasteiger partial charge in [0.1, 0.15) is 0 Å². The van der Waals surface area contributed by atoms with Crippen molar-refractivity contribution in [2.45, 2.75) is 37.8 Å². The largest absolute Gasteiger partial charge is 0.382 e. The molecule has 3 N–H and O–H groups in total. The highest BCUT2D eigenvalue weighted by Gasteiger charge is 2.18. The maximum Gasteiger partial charge on any atom is 0.0666 e. The maximum absolute atomic E-state index is 6.03. The minimum Gasteiger partial charge on any atom is -0.382 e. The Kier molecular flexibility index (Phi) is 3.51. The summed E-state index contributed by atoms with van der Waals surface area (Å²) >= 11 is 0. The van der Waals surface area contributed by atoms with Crippen LogP contribution in [0.3, 0.4) is 0 Å². The Labute approximate surface area is 113 Å². The highest BCUT2D eigenvalue weighted by Crippen LogP contribution is 2.22. The van der Waals surface area contributed by atoms with E-state index in [1.165, 1.54) is 12.8 Å². The zero-order valence-corrected chi connectivity index (χ0v) is 11.0. The van der Waals surface area contributed by atoms with Crippen LogP contribution in [0.15, 0.2) is 42.7 Å². The molecule has 3 rings (SSSR count). The highest BCUT2D eigenvalue weighted by molar-refractivity contribution is 5.51. The lowest BCUT2D eigenvalue weighted by Crippen LogP contribution is -2.34. The number of hydrogen-bond acceptors (Lipinski definition) is 3. The van der Waals surface area contributed by atoms with Gasteiger partial charge in [0, 0.05) is 30.2 Å². The van der Waals surface area contributed by atoms with Crippen LogP contribution in [0.25, 0.3) is 5.69 Å². The average molecular weight is 256 g/mol. The van der Waals surface area contributed by atoms with E-state index in [1.54, 1.807) is 6.20 Å². The summed E-state index contributed by atoms with van der Waals surface area (Å²) < 4.78 is 1.87. The molecule has 1 aromatic carbocycles. The Morgan fingerprint density at radius 2 is 2.21 bits per heavy atom. The highest BCUT2D eigenvalue weighted by atomic mass is 15.3. The van der Waals surface area contributed by atoms with Crippen LogP contribution in [0.1, 0.15) is 25.7 Å². The number of nitrogens with two attached hydrogens (primary N) is 1. The van der Waals surface area contributed by atoms with E-state index in [0.29, 0.717) is 12.1 Å². The van der Waals surface area contributed by atoms with Gasteiger partial charge in [0.05, 0.1) is 5.69 Å². The summed E-state index contributed by atoms with van der Waals surface area (Å²) in [4.78, 5) is 0. The lowest BCUT2D eigenvalue weighted by Gasteiger charge is -2.28. The van der Waals surface area contributed by atoms with Crippen molar-refractivity contribution < 1.29 is 0 Å². The Morgan fingerprint density at radius 1 is 1.26 bits per heavy atom. The second-order valence-electron chi connectivity index (χ2n) is 5.27. The van der Waals surface area contributed by atoms with E-state index in [9.17, 15) is 0 Å². The molecule has 0 radical (unpaired) electrons. The van der Waals surface area contributed by atoms with Crippen molar-refractivity contribution in [3.05, 3.63) is 42.7 Å². The number of anilines is 1. The first-order chi connectivity index (χ1) is 9.31. The number of nitrogens with zero attached hydrogens (tertiary/aromatic N) is 2. The van der Waals surface area contributed by atoms with Crippen molar-refractivity contribution in [1.82, 2.24) is 9.78 Å². The van der Waals surface area contributed by atoms with Crippen LogP contribution in [0, 0.1) is 0 Å². The lowest BCUT2D eigenvalue weighted by molar-refractivity contribution is 0.409. The van der Waals surface area contributed by atoms with Gasteiger partial charge in [0.15, 0.2) is 0 Å². The molecule has 100 valence electrons. The molecule has 2 aromatic rings. The van der Waals surface area contributed by atoms with E-state index in [2.05, 4.69) is 34.7 Å². The standard InChI is InChI=1S/C15H20N4/c16-12-4-1-5-13(10-12)18-14-6-2-7-15(11-14)19-9-3-8-17-19/h2-3,6-9,11-13,18H,1,4-5,10,16H2. The molecule has 0 spiro atoms. The van der Waals surface area contributed by atoms with Crippen molar-refractivity contribution in [3.8, 4) is 5.69 Å².